The molecular formula is C29H37N3O4. The van der Waals surface area contributed by atoms with E-state index in [0.717, 1.165) is 29.5 Å². The molecule has 192 valence electrons. The highest BCUT2D eigenvalue weighted by Crippen LogP contribution is 2.36. The van der Waals surface area contributed by atoms with E-state index in [1.54, 1.807) is 17.0 Å². The summed E-state index contributed by atoms with van der Waals surface area (Å²) in [6, 6.07) is 13.8. The van der Waals surface area contributed by atoms with Crippen molar-refractivity contribution in [3.63, 3.8) is 0 Å². The number of amides is 2. The Labute approximate surface area is 213 Å². The second kappa shape index (κ2) is 9.96. The highest BCUT2D eigenvalue weighted by molar-refractivity contribution is 6.00. The third-order valence-corrected chi connectivity index (χ3v) is 8.09. The summed E-state index contributed by atoms with van der Waals surface area (Å²) in [5.41, 5.74) is 9.89. The van der Waals surface area contributed by atoms with Crippen LogP contribution in [0.3, 0.4) is 0 Å². The van der Waals surface area contributed by atoms with E-state index in [0.29, 0.717) is 50.3 Å². The highest BCUT2D eigenvalue weighted by atomic mass is 16.5. The SMILES string of the molecule is CC1(C)CN(CC(O)CCc2ccccc2CN)C(=O)c2ccc(C(=O)N3C4CCC3COC4)cc21. The van der Waals surface area contributed by atoms with E-state index in [1.807, 2.05) is 35.2 Å². The Morgan fingerprint density at radius 3 is 2.53 bits per heavy atom. The van der Waals surface area contributed by atoms with Gasteiger partial charge in [-0.05, 0) is 60.6 Å². The number of carbonyl (C=O) groups excluding carboxylic acids is 2. The van der Waals surface area contributed by atoms with E-state index in [-0.39, 0.29) is 35.9 Å². The lowest BCUT2D eigenvalue weighted by molar-refractivity contribution is -0.00717. The van der Waals surface area contributed by atoms with Crippen LogP contribution in [0.25, 0.3) is 0 Å². The van der Waals surface area contributed by atoms with Crippen molar-refractivity contribution in [2.45, 2.75) is 69.7 Å². The summed E-state index contributed by atoms with van der Waals surface area (Å²) in [6.07, 6.45) is 2.62. The summed E-state index contributed by atoms with van der Waals surface area (Å²) in [5, 5.41) is 10.8. The van der Waals surface area contributed by atoms with Gasteiger partial charge in [0.2, 0.25) is 0 Å². The van der Waals surface area contributed by atoms with Crippen molar-refractivity contribution in [1.82, 2.24) is 9.80 Å². The molecule has 7 heteroatoms. The van der Waals surface area contributed by atoms with Crippen LogP contribution in [-0.4, -0.2) is 71.2 Å². The number of fused-ring (bicyclic) bond motifs is 3. The minimum atomic E-state index is -0.630. The minimum absolute atomic E-state index is 0.0347. The molecule has 5 rings (SSSR count). The summed E-state index contributed by atoms with van der Waals surface area (Å²) in [7, 11) is 0. The first-order valence-corrected chi connectivity index (χ1v) is 13.1. The van der Waals surface area contributed by atoms with Gasteiger partial charge in [0.15, 0.2) is 0 Å². The van der Waals surface area contributed by atoms with Gasteiger partial charge < -0.3 is 25.4 Å². The Bertz CT molecular complexity index is 1130. The number of rotatable bonds is 7. The topological polar surface area (TPSA) is 96.1 Å². The summed E-state index contributed by atoms with van der Waals surface area (Å²) in [4.78, 5) is 30.6. The first-order chi connectivity index (χ1) is 17.3. The van der Waals surface area contributed by atoms with E-state index < -0.39 is 6.10 Å². The van der Waals surface area contributed by atoms with Crippen LogP contribution in [0, 0.1) is 0 Å². The Morgan fingerprint density at radius 1 is 1.14 bits per heavy atom. The zero-order valence-electron chi connectivity index (χ0n) is 21.3. The Balaban J connectivity index is 1.29. The number of aliphatic hydroxyl groups excluding tert-OH is 1. The monoisotopic (exact) mass is 491 g/mol. The first kappa shape index (κ1) is 24.9. The molecule has 2 aromatic rings. The maximum Gasteiger partial charge on any atom is 0.254 e. The number of β-amino-alcohol motifs (C(OH)–C–C–N with tert-alkyl or cyclic N) is 1. The van der Waals surface area contributed by atoms with Crippen LogP contribution in [-0.2, 0) is 23.1 Å². The molecule has 3 aliphatic heterocycles. The molecule has 2 bridgehead atoms. The molecule has 0 aromatic heterocycles. The van der Waals surface area contributed by atoms with Crippen molar-refractivity contribution in [2.24, 2.45) is 5.73 Å². The third-order valence-electron chi connectivity index (χ3n) is 8.09. The van der Waals surface area contributed by atoms with Crippen molar-refractivity contribution < 1.29 is 19.4 Å². The van der Waals surface area contributed by atoms with Crippen molar-refractivity contribution >= 4 is 11.8 Å². The molecule has 2 fully saturated rings. The van der Waals surface area contributed by atoms with E-state index in [2.05, 4.69) is 13.8 Å². The molecule has 3 N–H and O–H groups in total. The number of benzene rings is 2. The Kier molecular flexibility index (Phi) is 6.90. The predicted molar refractivity (Wildman–Crippen MR) is 138 cm³/mol. The van der Waals surface area contributed by atoms with E-state index in [9.17, 15) is 14.7 Å². The fourth-order valence-electron chi connectivity index (χ4n) is 6.15. The zero-order chi connectivity index (χ0) is 25.4. The van der Waals surface area contributed by atoms with Crippen molar-refractivity contribution in [3.05, 3.63) is 70.3 Å². The Hall–Kier alpha value is -2.74. The molecule has 0 spiro atoms. The number of nitrogens with zero attached hydrogens (tertiary/aromatic N) is 2. The predicted octanol–water partition coefficient (Wildman–Crippen LogP) is 2.88. The summed E-state index contributed by atoms with van der Waals surface area (Å²) < 4.78 is 5.64. The molecule has 2 amide bonds. The van der Waals surface area contributed by atoms with Gasteiger partial charge in [-0.3, -0.25) is 9.59 Å². The third kappa shape index (κ3) is 4.67. The van der Waals surface area contributed by atoms with E-state index in [4.69, 9.17) is 10.5 Å². The van der Waals surface area contributed by atoms with Gasteiger partial charge in [0.25, 0.3) is 11.8 Å². The lowest BCUT2D eigenvalue weighted by atomic mass is 9.77. The minimum Gasteiger partial charge on any atom is -0.391 e. The van der Waals surface area contributed by atoms with Crippen LogP contribution in [0.5, 0.6) is 0 Å². The molecule has 3 atom stereocenters. The number of aliphatic hydroxyl groups is 1. The fourth-order valence-corrected chi connectivity index (χ4v) is 6.15. The van der Waals surface area contributed by atoms with Gasteiger partial charge in [0.1, 0.15) is 0 Å². The number of morpholine rings is 1. The maximum atomic E-state index is 13.4. The molecule has 3 unspecified atom stereocenters. The second-order valence-corrected chi connectivity index (χ2v) is 11.1. The number of nitrogens with two attached hydrogens (primary N) is 1. The summed E-state index contributed by atoms with van der Waals surface area (Å²) >= 11 is 0. The number of hydrogen-bond acceptors (Lipinski definition) is 5. The summed E-state index contributed by atoms with van der Waals surface area (Å²) in [6.45, 7) is 6.65. The van der Waals surface area contributed by atoms with Crippen LogP contribution in [0.1, 0.15) is 70.5 Å². The molecule has 7 nitrogen and oxygen atoms in total. The molecule has 36 heavy (non-hydrogen) atoms. The van der Waals surface area contributed by atoms with Crippen molar-refractivity contribution in [1.29, 1.82) is 0 Å². The number of carbonyl (C=O) groups is 2. The molecule has 2 saturated heterocycles. The zero-order valence-corrected chi connectivity index (χ0v) is 21.3. The average Bonchev–Trinajstić information content (AvgIpc) is 3.12. The summed E-state index contributed by atoms with van der Waals surface area (Å²) in [5.74, 6) is -0.0522. The molecular weight excluding hydrogens is 454 g/mol. The van der Waals surface area contributed by atoms with Gasteiger partial charge in [0.05, 0.1) is 31.4 Å². The van der Waals surface area contributed by atoms with E-state index >= 15 is 0 Å². The molecule has 0 aliphatic carbocycles. The van der Waals surface area contributed by atoms with Gasteiger partial charge in [-0.2, -0.15) is 0 Å². The fraction of sp³-hybridized carbons (Fsp3) is 0.517. The molecule has 0 saturated carbocycles. The van der Waals surface area contributed by atoms with Gasteiger partial charge >= 0.3 is 0 Å². The number of aryl methyl sites for hydroxylation is 1. The van der Waals surface area contributed by atoms with Crippen LogP contribution in [0.15, 0.2) is 42.5 Å². The smallest absolute Gasteiger partial charge is 0.254 e. The largest absolute Gasteiger partial charge is 0.391 e. The molecule has 0 radical (unpaired) electrons. The van der Waals surface area contributed by atoms with Crippen molar-refractivity contribution in [2.75, 3.05) is 26.3 Å². The van der Waals surface area contributed by atoms with Crippen LogP contribution < -0.4 is 5.73 Å². The van der Waals surface area contributed by atoms with Crippen LogP contribution >= 0.6 is 0 Å². The first-order valence-electron chi connectivity index (χ1n) is 13.1. The number of hydrogen-bond donors (Lipinski definition) is 2. The standard InChI is InChI=1S/C29H37N3O4/c1-29(2)18-31(15-24(33)11-7-19-5-3-4-6-21(19)14-30)28(35)25-12-8-20(13-26(25)29)27(34)32-22-9-10-23(32)17-36-16-22/h3-6,8,12-13,22-24,33H,7,9-11,14-18,30H2,1-2H3. The van der Waals surface area contributed by atoms with Crippen molar-refractivity contribution in [3.8, 4) is 0 Å². The van der Waals surface area contributed by atoms with Gasteiger partial charge in [-0.1, -0.05) is 38.1 Å². The molecule has 2 aromatic carbocycles. The quantitative estimate of drug-likeness (QED) is 0.621. The van der Waals surface area contributed by atoms with Crippen LogP contribution in [0.2, 0.25) is 0 Å². The Morgan fingerprint density at radius 2 is 1.83 bits per heavy atom. The maximum absolute atomic E-state index is 13.4. The van der Waals surface area contributed by atoms with Crippen LogP contribution in [0.4, 0.5) is 0 Å². The lowest BCUT2D eigenvalue weighted by Gasteiger charge is -2.41. The van der Waals surface area contributed by atoms with Gasteiger partial charge in [-0.25, -0.2) is 0 Å². The highest BCUT2D eigenvalue weighted by Gasteiger charge is 2.42. The average molecular weight is 492 g/mol. The van der Waals surface area contributed by atoms with Gasteiger partial charge in [0, 0.05) is 36.2 Å². The molecule has 3 heterocycles. The normalized spacial score (nSPS) is 23.5. The number of ether oxygens (including phenoxy) is 1. The molecule has 3 aliphatic rings. The second-order valence-electron chi connectivity index (χ2n) is 11.1. The van der Waals surface area contributed by atoms with Gasteiger partial charge in [-0.15, -0.1) is 0 Å². The van der Waals surface area contributed by atoms with E-state index in [1.165, 1.54) is 0 Å². The lowest BCUT2D eigenvalue weighted by Crippen LogP contribution is -2.50.